The van der Waals surface area contributed by atoms with Crippen LogP contribution < -0.4 is 5.32 Å². The van der Waals surface area contributed by atoms with Crippen molar-refractivity contribution in [3.8, 4) is 0 Å². The second kappa shape index (κ2) is 16.2. The van der Waals surface area contributed by atoms with Gasteiger partial charge in [-0.3, -0.25) is 9.59 Å². The zero-order chi connectivity index (χ0) is 22.9. The number of aliphatic hydroxyl groups excluding tert-OH is 1. The smallest absolute Gasteiger partial charge is 0.309 e. The quantitative estimate of drug-likeness (QED) is 0.611. The minimum atomic E-state index is -0.984. The molecular weight excluding hydrogens is 382 g/mol. The summed E-state index contributed by atoms with van der Waals surface area (Å²) < 4.78 is 10.2. The van der Waals surface area contributed by atoms with Crippen LogP contribution in [0.5, 0.6) is 0 Å². The molecule has 6 nitrogen and oxygen atoms in total. The van der Waals surface area contributed by atoms with Gasteiger partial charge in [-0.2, -0.15) is 0 Å². The summed E-state index contributed by atoms with van der Waals surface area (Å²) in [7, 11) is 1.31. The van der Waals surface area contributed by atoms with Gasteiger partial charge in [-0.1, -0.05) is 71.0 Å². The third kappa shape index (κ3) is 9.27. The molecule has 0 amide bonds. The van der Waals surface area contributed by atoms with E-state index >= 15 is 0 Å². The molecule has 0 saturated heterocycles. The predicted octanol–water partition coefficient (Wildman–Crippen LogP) is 4.32. The topological polar surface area (TPSA) is 84.9 Å². The summed E-state index contributed by atoms with van der Waals surface area (Å²) >= 11 is 0. The van der Waals surface area contributed by atoms with Crippen LogP contribution in [-0.2, 0) is 19.1 Å². The normalized spacial score (nSPS) is 14.8. The number of rotatable bonds is 8. The van der Waals surface area contributed by atoms with Crippen molar-refractivity contribution >= 4 is 11.9 Å². The lowest BCUT2D eigenvalue weighted by Crippen LogP contribution is -2.31. The number of dihydropyridines is 1. The molecule has 0 aromatic heterocycles. The minimum absolute atomic E-state index is 0.144. The minimum Gasteiger partial charge on any atom is -0.469 e. The Hall–Kier alpha value is -2.60. The van der Waals surface area contributed by atoms with Gasteiger partial charge < -0.3 is 19.9 Å². The second-order valence-corrected chi connectivity index (χ2v) is 6.17. The molecule has 0 spiro atoms. The third-order valence-corrected chi connectivity index (χ3v) is 4.26. The highest BCUT2D eigenvalue weighted by molar-refractivity contribution is 5.74. The van der Waals surface area contributed by atoms with Crippen molar-refractivity contribution in [2.45, 2.75) is 59.7 Å². The lowest BCUT2D eigenvalue weighted by molar-refractivity contribution is -0.157. The SMILES string of the molecule is CC.CC.COC(=O)CCC(C)C(=O)OC(C1=CCNC=C1)C(O)c1ccccc1. The molecule has 1 aromatic carbocycles. The standard InChI is InChI=1S/C20H25NO5.2C2H6/c1-14(8-9-17(22)25-2)20(24)26-19(16-10-12-21-13-11-16)18(23)15-6-4-3-5-7-15;2*1-2/h3-7,10-12,14,18-19,21,23H,8-9,13H2,1-2H3;2*1-2H3. The zero-order valence-electron chi connectivity index (χ0n) is 19.1. The van der Waals surface area contributed by atoms with Gasteiger partial charge in [0.2, 0.25) is 0 Å². The fourth-order valence-corrected chi connectivity index (χ4v) is 2.61. The summed E-state index contributed by atoms with van der Waals surface area (Å²) in [6, 6.07) is 9.08. The van der Waals surface area contributed by atoms with E-state index in [-0.39, 0.29) is 12.4 Å². The number of hydrogen-bond donors (Lipinski definition) is 2. The van der Waals surface area contributed by atoms with Crippen LogP contribution in [-0.4, -0.2) is 36.8 Å². The van der Waals surface area contributed by atoms with E-state index < -0.39 is 24.1 Å². The first-order valence-corrected chi connectivity index (χ1v) is 10.6. The van der Waals surface area contributed by atoms with Crippen molar-refractivity contribution in [3.05, 3.63) is 59.8 Å². The lowest BCUT2D eigenvalue weighted by Gasteiger charge is -2.27. The first-order chi connectivity index (χ1) is 14.5. The lowest BCUT2D eigenvalue weighted by atomic mass is 9.96. The van der Waals surface area contributed by atoms with Crippen molar-refractivity contribution in [2.24, 2.45) is 5.92 Å². The van der Waals surface area contributed by atoms with E-state index in [1.54, 1.807) is 31.3 Å². The van der Waals surface area contributed by atoms with Crippen molar-refractivity contribution in [3.63, 3.8) is 0 Å². The molecule has 0 aliphatic carbocycles. The molecule has 0 fully saturated rings. The number of aliphatic hydroxyl groups is 1. The summed E-state index contributed by atoms with van der Waals surface area (Å²) in [4.78, 5) is 23.7. The van der Waals surface area contributed by atoms with E-state index in [4.69, 9.17) is 4.74 Å². The maximum Gasteiger partial charge on any atom is 0.309 e. The average molecular weight is 420 g/mol. The Kier molecular flexibility index (Phi) is 14.8. The number of hydrogen-bond acceptors (Lipinski definition) is 6. The van der Waals surface area contributed by atoms with E-state index in [9.17, 15) is 14.7 Å². The Labute approximate surface area is 181 Å². The Bertz CT molecular complexity index is 669. The highest BCUT2D eigenvalue weighted by Gasteiger charge is 2.30. The van der Waals surface area contributed by atoms with Crippen LogP contribution in [0, 0.1) is 5.92 Å². The molecule has 30 heavy (non-hydrogen) atoms. The van der Waals surface area contributed by atoms with E-state index in [2.05, 4.69) is 10.1 Å². The van der Waals surface area contributed by atoms with Crippen LogP contribution in [0.3, 0.4) is 0 Å². The maximum absolute atomic E-state index is 12.5. The molecule has 3 unspecified atom stereocenters. The molecule has 168 valence electrons. The highest BCUT2D eigenvalue weighted by atomic mass is 16.6. The Balaban J connectivity index is 0.00000198. The van der Waals surface area contributed by atoms with Crippen LogP contribution in [0.1, 0.15) is 59.1 Å². The van der Waals surface area contributed by atoms with Crippen LogP contribution in [0.4, 0.5) is 0 Å². The molecule has 1 heterocycles. The first kappa shape index (κ1) is 27.4. The van der Waals surface area contributed by atoms with Crippen LogP contribution in [0.25, 0.3) is 0 Å². The van der Waals surface area contributed by atoms with Gasteiger partial charge in [-0.05, 0) is 29.8 Å². The van der Waals surface area contributed by atoms with Gasteiger partial charge in [0, 0.05) is 13.0 Å². The van der Waals surface area contributed by atoms with Crippen molar-refractivity contribution in [2.75, 3.05) is 13.7 Å². The number of ether oxygens (including phenoxy) is 2. The van der Waals surface area contributed by atoms with E-state index in [0.717, 1.165) is 5.57 Å². The average Bonchev–Trinajstić information content (AvgIpc) is 2.83. The number of carbonyl (C=O) groups excluding carboxylic acids is 2. The van der Waals surface area contributed by atoms with E-state index in [1.165, 1.54) is 7.11 Å². The van der Waals surface area contributed by atoms with E-state index in [1.807, 2.05) is 52.0 Å². The van der Waals surface area contributed by atoms with Gasteiger partial charge in [0.1, 0.15) is 6.10 Å². The van der Waals surface area contributed by atoms with Gasteiger partial charge in [0.25, 0.3) is 0 Å². The van der Waals surface area contributed by atoms with Gasteiger partial charge >= 0.3 is 11.9 Å². The zero-order valence-corrected chi connectivity index (χ0v) is 19.1. The third-order valence-electron chi connectivity index (χ3n) is 4.26. The van der Waals surface area contributed by atoms with Crippen LogP contribution in [0.2, 0.25) is 0 Å². The summed E-state index contributed by atoms with van der Waals surface area (Å²) in [5.41, 5.74) is 1.40. The molecule has 1 aromatic rings. The summed E-state index contributed by atoms with van der Waals surface area (Å²) in [5, 5.41) is 13.8. The molecular formula is C24H37NO5. The number of nitrogens with one attached hydrogen (secondary N) is 1. The number of carbonyl (C=O) groups is 2. The molecule has 0 bridgehead atoms. The summed E-state index contributed by atoms with van der Waals surface area (Å²) in [5.74, 6) is -1.30. The van der Waals surface area contributed by atoms with Crippen molar-refractivity contribution in [1.29, 1.82) is 0 Å². The fraction of sp³-hybridized carbons (Fsp3) is 0.500. The predicted molar refractivity (Wildman–Crippen MR) is 120 cm³/mol. The van der Waals surface area contributed by atoms with E-state index in [0.29, 0.717) is 18.5 Å². The maximum atomic E-state index is 12.5. The summed E-state index contributed by atoms with van der Waals surface area (Å²) in [6.07, 6.45) is 4.09. The van der Waals surface area contributed by atoms with Gasteiger partial charge in [0.05, 0.1) is 13.0 Å². The number of methoxy groups -OCH3 is 1. The molecule has 6 heteroatoms. The Morgan fingerprint density at radius 2 is 1.77 bits per heavy atom. The molecule has 1 aliphatic rings. The number of benzene rings is 1. The van der Waals surface area contributed by atoms with Crippen molar-refractivity contribution in [1.82, 2.24) is 5.32 Å². The first-order valence-electron chi connectivity index (χ1n) is 10.6. The molecule has 2 N–H and O–H groups in total. The molecule has 2 rings (SSSR count). The van der Waals surface area contributed by atoms with Gasteiger partial charge in [-0.15, -0.1) is 0 Å². The fourth-order valence-electron chi connectivity index (χ4n) is 2.61. The summed E-state index contributed by atoms with van der Waals surface area (Å²) in [6.45, 7) is 10.3. The number of esters is 2. The second-order valence-electron chi connectivity index (χ2n) is 6.17. The molecule has 0 saturated carbocycles. The van der Waals surface area contributed by atoms with Crippen LogP contribution >= 0.6 is 0 Å². The largest absolute Gasteiger partial charge is 0.469 e. The van der Waals surface area contributed by atoms with Gasteiger partial charge in [0.15, 0.2) is 6.10 Å². The monoisotopic (exact) mass is 419 g/mol. The van der Waals surface area contributed by atoms with Crippen LogP contribution in [0.15, 0.2) is 54.3 Å². The highest BCUT2D eigenvalue weighted by Crippen LogP contribution is 2.27. The van der Waals surface area contributed by atoms with Crippen molar-refractivity contribution < 1.29 is 24.2 Å². The molecule has 3 atom stereocenters. The van der Waals surface area contributed by atoms with Gasteiger partial charge in [-0.25, -0.2) is 0 Å². The molecule has 1 aliphatic heterocycles. The Morgan fingerprint density at radius 1 is 1.13 bits per heavy atom. The molecule has 0 radical (unpaired) electrons. The Morgan fingerprint density at radius 3 is 2.30 bits per heavy atom.